The number of hydrogen-bond acceptors (Lipinski definition) is 2. The topological polar surface area (TPSA) is 36.4 Å². The van der Waals surface area contributed by atoms with Crippen LogP contribution in [0.1, 0.15) is 50.2 Å². The Labute approximate surface area is 133 Å². The van der Waals surface area contributed by atoms with Gasteiger partial charge >= 0.3 is 0 Å². The smallest absolute Gasteiger partial charge is 0.191 e. The highest BCUT2D eigenvalue weighted by Crippen LogP contribution is 2.24. The fourth-order valence-electron chi connectivity index (χ4n) is 2.81. The van der Waals surface area contributed by atoms with Crippen LogP contribution in [0.2, 0.25) is 0 Å². The first-order chi connectivity index (χ1) is 10.1. The predicted molar refractivity (Wildman–Crippen MR) is 95.0 cm³/mol. The average Bonchev–Trinajstić information content (AvgIpc) is 2.49. The highest BCUT2D eigenvalue weighted by Gasteiger charge is 2.15. The fourth-order valence-corrected chi connectivity index (χ4v) is 2.96. The summed E-state index contributed by atoms with van der Waals surface area (Å²) in [5.74, 6) is 0.878. The minimum Gasteiger partial charge on any atom is -0.331 e. The molecule has 0 unspecified atom stereocenters. The maximum absolute atomic E-state index is 5.34. The lowest BCUT2D eigenvalue weighted by Gasteiger charge is -2.21. The first-order valence-corrected chi connectivity index (χ1v) is 8.19. The van der Waals surface area contributed by atoms with Gasteiger partial charge in [0.15, 0.2) is 5.11 Å². The Morgan fingerprint density at radius 3 is 2.43 bits per heavy atom. The van der Waals surface area contributed by atoms with E-state index in [0.717, 1.165) is 24.4 Å². The van der Waals surface area contributed by atoms with Crippen LogP contribution in [0.15, 0.2) is 23.3 Å². The molecule has 0 atom stereocenters. The summed E-state index contributed by atoms with van der Waals surface area (Å²) >= 11 is 5.34. The molecule has 0 spiro atoms. The van der Waals surface area contributed by atoms with Crippen molar-refractivity contribution in [3.8, 4) is 0 Å². The first-order valence-electron chi connectivity index (χ1n) is 7.78. The van der Waals surface area contributed by atoms with E-state index in [1.54, 1.807) is 0 Å². The van der Waals surface area contributed by atoms with Crippen molar-refractivity contribution < 1.29 is 0 Å². The summed E-state index contributed by atoms with van der Waals surface area (Å²) in [6.07, 6.45) is 5.99. The van der Waals surface area contributed by atoms with E-state index in [0.29, 0.717) is 5.11 Å². The molecule has 4 heteroatoms. The number of hydrazone groups is 1. The lowest BCUT2D eigenvalue weighted by atomic mass is 9.86. The van der Waals surface area contributed by atoms with E-state index in [2.05, 4.69) is 54.8 Å². The third-order valence-corrected chi connectivity index (χ3v) is 4.49. The molecule has 0 amide bonds. The molecule has 1 aromatic rings. The number of para-hydroxylation sites is 1. The standard InChI is InChI=1S/C17H25N3S/c1-4-14-8-10-15(11-9-14)19-20-17(21)18-16-12(2)6-5-7-13(16)3/h5-7,14H,4,8-11H2,1-3H3,(H2,18,20,21). The van der Waals surface area contributed by atoms with Gasteiger partial charge in [0.2, 0.25) is 0 Å². The second-order valence-electron chi connectivity index (χ2n) is 5.86. The van der Waals surface area contributed by atoms with Crippen molar-refractivity contribution in [2.75, 3.05) is 5.32 Å². The van der Waals surface area contributed by atoms with Crippen LogP contribution in [0, 0.1) is 19.8 Å². The summed E-state index contributed by atoms with van der Waals surface area (Å²) < 4.78 is 0. The molecule has 0 bridgehead atoms. The number of aryl methyl sites for hydroxylation is 2. The molecule has 0 radical (unpaired) electrons. The molecule has 114 valence electrons. The number of benzene rings is 1. The number of rotatable bonds is 3. The molecule has 1 aliphatic carbocycles. The molecule has 0 aliphatic heterocycles. The largest absolute Gasteiger partial charge is 0.331 e. The zero-order valence-corrected chi connectivity index (χ0v) is 14.0. The van der Waals surface area contributed by atoms with Gasteiger partial charge in [0.05, 0.1) is 0 Å². The Hall–Kier alpha value is -1.42. The summed E-state index contributed by atoms with van der Waals surface area (Å²) in [6.45, 7) is 6.43. The number of anilines is 1. The normalized spacial score (nSPS) is 18.2. The maximum atomic E-state index is 5.34. The van der Waals surface area contributed by atoms with E-state index < -0.39 is 0 Å². The van der Waals surface area contributed by atoms with E-state index >= 15 is 0 Å². The van der Waals surface area contributed by atoms with E-state index in [4.69, 9.17) is 12.2 Å². The lowest BCUT2D eigenvalue weighted by molar-refractivity contribution is 0.428. The van der Waals surface area contributed by atoms with E-state index in [1.165, 1.54) is 36.1 Å². The lowest BCUT2D eigenvalue weighted by Crippen LogP contribution is -2.27. The van der Waals surface area contributed by atoms with Crippen molar-refractivity contribution in [3.63, 3.8) is 0 Å². The molecular weight excluding hydrogens is 278 g/mol. The van der Waals surface area contributed by atoms with Gasteiger partial charge in [-0.15, -0.1) is 0 Å². The third kappa shape index (κ3) is 4.53. The second-order valence-corrected chi connectivity index (χ2v) is 6.27. The van der Waals surface area contributed by atoms with Gasteiger partial charge in [-0.1, -0.05) is 31.5 Å². The van der Waals surface area contributed by atoms with Crippen molar-refractivity contribution >= 4 is 28.7 Å². The molecule has 2 N–H and O–H groups in total. The van der Waals surface area contributed by atoms with Gasteiger partial charge in [-0.05, 0) is 68.8 Å². The van der Waals surface area contributed by atoms with Crippen molar-refractivity contribution in [1.29, 1.82) is 0 Å². The molecule has 0 saturated heterocycles. The Bertz CT molecular complexity index is 507. The van der Waals surface area contributed by atoms with Crippen LogP contribution in [-0.4, -0.2) is 10.8 Å². The Morgan fingerprint density at radius 1 is 1.24 bits per heavy atom. The maximum Gasteiger partial charge on any atom is 0.191 e. The number of thiocarbonyl (C=S) groups is 1. The minimum absolute atomic E-state index is 0.567. The van der Waals surface area contributed by atoms with Gasteiger partial charge in [-0.2, -0.15) is 5.10 Å². The minimum atomic E-state index is 0.567. The Balaban J connectivity index is 1.88. The van der Waals surface area contributed by atoms with E-state index in [1.807, 2.05) is 0 Å². The fraction of sp³-hybridized carbons (Fsp3) is 0.529. The van der Waals surface area contributed by atoms with Crippen molar-refractivity contribution in [3.05, 3.63) is 29.3 Å². The summed E-state index contributed by atoms with van der Waals surface area (Å²) in [4.78, 5) is 0. The van der Waals surface area contributed by atoms with E-state index in [-0.39, 0.29) is 0 Å². The highest BCUT2D eigenvalue weighted by atomic mass is 32.1. The molecule has 1 aromatic carbocycles. The summed E-state index contributed by atoms with van der Waals surface area (Å²) in [7, 11) is 0. The molecule has 1 aliphatic rings. The Kier molecular flexibility index (Phi) is 5.74. The van der Waals surface area contributed by atoms with E-state index in [9.17, 15) is 0 Å². The highest BCUT2D eigenvalue weighted by molar-refractivity contribution is 7.80. The molecule has 3 nitrogen and oxygen atoms in total. The molecule has 2 rings (SSSR count). The van der Waals surface area contributed by atoms with Crippen molar-refractivity contribution in [2.24, 2.45) is 11.0 Å². The molecule has 0 heterocycles. The van der Waals surface area contributed by atoms with Crippen LogP contribution >= 0.6 is 12.2 Å². The molecule has 0 aromatic heterocycles. The van der Waals surface area contributed by atoms with Gasteiger partial charge in [0.25, 0.3) is 0 Å². The van der Waals surface area contributed by atoms with Gasteiger partial charge in [-0.25, -0.2) is 0 Å². The monoisotopic (exact) mass is 303 g/mol. The quantitative estimate of drug-likeness (QED) is 0.635. The number of nitrogens with zero attached hydrogens (tertiary/aromatic N) is 1. The van der Waals surface area contributed by atoms with Crippen LogP contribution in [0.25, 0.3) is 0 Å². The summed E-state index contributed by atoms with van der Waals surface area (Å²) in [5.41, 5.74) is 7.69. The summed E-state index contributed by atoms with van der Waals surface area (Å²) in [6, 6.07) is 6.21. The van der Waals surface area contributed by atoms with Gasteiger partial charge in [0.1, 0.15) is 0 Å². The second kappa shape index (κ2) is 7.55. The van der Waals surface area contributed by atoms with Crippen LogP contribution in [0.4, 0.5) is 5.69 Å². The third-order valence-electron chi connectivity index (χ3n) is 4.29. The van der Waals surface area contributed by atoms with Gasteiger partial charge in [0, 0.05) is 11.4 Å². The molecule has 1 fully saturated rings. The zero-order valence-electron chi connectivity index (χ0n) is 13.2. The first kappa shape index (κ1) is 16.0. The zero-order chi connectivity index (χ0) is 15.2. The molecule has 1 saturated carbocycles. The SMILES string of the molecule is CCC1CCC(=NNC(=S)Nc2c(C)cccc2C)CC1. The van der Waals surface area contributed by atoms with Crippen LogP contribution < -0.4 is 10.7 Å². The summed E-state index contributed by atoms with van der Waals surface area (Å²) in [5, 5.41) is 8.29. The average molecular weight is 303 g/mol. The van der Waals surface area contributed by atoms with Gasteiger partial charge in [-0.3, -0.25) is 5.43 Å². The molecule has 21 heavy (non-hydrogen) atoms. The molecular formula is C17H25N3S. The van der Waals surface area contributed by atoms with Crippen molar-refractivity contribution in [2.45, 2.75) is 52.9 Å². The van der Waals surface area contributed by atoms with Crippen LogP contribution in [-0.2, 0) is 0 Å². The van der Waals surface area contributed by atoms with Crippen LogP contribution in [0.3, 0.4) is 0 Å². The van der Waals surface area contributed by atoms with Crippen molar-refractivity contribution in [1.82, 2.24) is 5.43 Å². The number of nitrogens with one attached hydrogen (secondary N) is 2. The predicted octanol–water partition coefficient (Wildman–Crippen LogP) is 4.55. The number of hydrogen-bond donors (Lipinski definition) is 2. The van der Waals surface area contributed by atoms with Gasteiger partial charge < -0.3 is 5.32 Å². The Morgan fingerprint density at radius 2 is 1.86 bits per heavy atom. The van der Waals surface area contributed by atoms with Crippen LogP contribution in [0.5, 0.6) is 0 Å².